The standard InChI is InChI=1S/C23H21N2O/c1-18(23(26)20-12-6-3-7-13-20)25-17-24(16-19-10-4-2-5-11-19)21-14-8-9-15-22(21)25/h2-15,17-18H,16H2,1H3/q+1/t18-/m0/s1. The Kier molecular flexibility index (Phi) is 4.36. The largest absolute Gasteiger partial charge is 0.289 e. The van der Waals surface area contributed by atoms with Crippen LogP contribution in [0.5, 0.6) is 0 Å². The molecule has 0 aliphatic rings. The van der Waals surface area contributed by atoms with Gasteiger partial charge < -0.3 is 0 Å². The minimum Gasteiger partial charge on any atom is -0.289 e. The summed E-state index contributed by atoms with van der Waals surface area (Å²) in [5.74, 6) is 0.123. The number of carbonyl (C=O) groups is 1. The van der Waals surface area contributed by atoms with Gasteiger partial charge in [0, 0.05) is 5.56 Å². The van der Waals surface area contributed by atoms with Gasteiger partial charge >= 0.3 is 0 Å². The molecule has 0 fully saturated rings. The minimum atomic E-state index is -0.265. The highest BCUT2D eigenvalue weighted by Crippen LogP contribution is 2.20. The lowest BCUT2D eigenvalue weighted by atomic mass is 10.1. The quantitative estimate of drug-likeness (QED) is 0.390. The molecule has 128 valence electrons. The number of fused-ring (bicyclic) bond motifs is 1. The molecule has 4 aromatic rings. The lowest BCUT2D eigenvalue weighted by Gasteiger charge is -2.08. The van der Waals surface area contributed by atoms with Crippen molar-refractivity contribution in [1.82, 2.24) is 4.57 Å². The van der Waals surface area contributed by atoms with Crippen molar-refractivity contribution in [3.63, 3.8) is 0 Å². The van der Waals surface area contributed by atoms with Gasteiger partial charge in [-0.25, -0.2) is 9.13 Å². The summed E-state index contributed by atoms with van der Waals surface area (Å²) >= 11 is 0. The Morgan fingerprint density at radius 2 is 1.50 bits per heavy atom. The fraction of sp³-hybridized carbons (Fsp3) is 0.130. The van der Waals surface area contributed by atoms with Gasteiger partial charge in [-0.1, -0.05) is 72.8 Å². The van der Waals surface area contributed by atoms with Crippen LogP contribution in [-0.2, 0) is 6.54 Å². The molecule has 0 unspecified atom stereocenters. The third kappa shape index (κ3) is 3.04. The molecule has 3 heteroatoms. The number of ketones is 1. The van der Waals surface area contributed by atoms with Crippen molar-refractivity contribution in [3.05, 3.63) is 102 Å². The Labute approximate surface area is 153 Å². The third-order valence-electron chi connectivity index (χ3n) is 4.78. The van der Waals surface area contributed by atoms with E-state index in [0.29, 0.717) is 0 Å². The zero-order chi connectivity index (χ0) is 17.9. The first-order valence-corrected chi connectivity index (χ1v) is 8.86. The molecule has 0 saturated carbocycles. The average Bonchev–Trinajstić information content (AvgIpc) is 3.07. The number of aromatic nitrogens is 2. The van der Waals surface area contributed by atoms with Crippen LogP contribution >= 0.6 is 0 Å². The van der Waals surface area contributed by atoms with E-state index in [4.69, 9.17) is 0 Å². The Bertz CT molecular complexity index is 1040. The van der Waals surface area contributed by atoms with Crippen molar-refractivity contribution in [2.24, 2.45) is 0 Å². The van der Waals surface area contributed by atoms with E-state index in [1.807, 2.05) is 55.5 Å². The predicted molar refractivity (Wildman–Crippen MR) is 103 cm³/mol. The normalized spacial score (nSPS) is 12.2. The van der Waals surface area contributed by atoms with Crippen LogP contribution in [-0.4, -0.2) is 10.4 Å². The fourth-order valence-electron chi connectivity index (χ4n) is 3.38. The Balaban J connectivity index is 1.75. The number of para-hydroxylation sites is 2. The van der Waals surface area contributed by atoms with E-state index in [9.17, 15) is 4.79 Å². The molecule has 0 bridgehead atoms. The molecule has 0 aliphatic heterocycles. The van der Waals surface area contributed by atoms with E-state index < -0.39 is 0 Å². The summed E-state index contributed by atoms with van der Waals surface area (Å²) in [5, 5.41) is 0. The molecule has 0 saturated heterocycles. The summed E-state index contributed by atoms with van der Waals surface area (Å²) in [7, 11) is 0. The SMILES string of the molecule is C[C@@H](C(=O)c1ccccc1)n1c[n+](Cc2ccccc2)c2ccccc21. The van der Waals surface area contributed by atoms with Crippen LogP contribution in [0.25, 0.3) is 11.0 Å². The summed E-state index contributed by atoms with van der Waals surface area (Å²) in [5.41, 5.74) is 4.18. The number of nitrogens with zero attached hydrogens (tertiary/aromatic N) is 2. The van der Waals surface area contributed by atoms with Gasteiger partial charge in [0.15, 0.2) is 17.1 Å². The van der Waals surface area contributed by atoms with Crippen LogP contribution in [0, 0.1) is 0 Å². The van der Waals surface area contributed by atoms with Gasteiger partial charge in [-0.3, -0.25) is 4.79 Å². The minimum absolute atomic E-state index is 0.123. The monoisotopic (exact) mass is 341 g/mol. The number of imidazole rings is 1. The second-order valence-electron chi connectivity index (χ2n) is 6.53. The molecule has 3 nitrogen and oxygen atoms in total. The zero-order valence-corrected chi connectivity index (χ0v) is 14.7. The van der Waals surface area contributed by atoms with Crippen LogP contribution in [0.2, 0.25) is 0 Å². The van der Waals surface area contributed by atoms with Gasteiger partial charge in [-0.2, -0.15) is 0 Å². The smallest absolute Gasteiger partial charge is 0.245 e. The van der Waals surface area contributed by atoms with E-state index in [1.54, 1.807) is 0 Å². The van der Waals surface area contributed by atoms with Crippen LogP contribution in [0.1, 0.15) is 28.9 Å². The maximum atomic E-state index is 12.9. The highest BCUT2D eigenvalue weighted by Gasteiger charge is 2.25. The van der Waals surface area contributed by atoms with Crippen LogP contribution in [0.4, 0.5) is 0 Å². The molecule has 4 rings (SSSR count). The first-order chi connectivity index (χ1) is 12.7. The van der Waals surface area contributed by atoms with E-state index in [0.717, 1.165) is 23.1 Å². The van der Waals surface area contributed by atoms with Gasteiger partial charge in [0.2, 0.25) is 12.1 Å². The van der Waals surface area contributed by atoms with E-state index in [2.05, 4.69) is 51.9 Å². The maximum Gasteiger partial charge on any atom is 0.245 e. The molecule has 1 atom stereocenters. The second-order valence-corrected chi connectivity index (χ2v) is 6.53. The van der Waals surface area contributed by atoms with Crippen LogP contribution in [0.3, 0.4) is 0 Å². The molecule has 0 aliphatic carbocycles. The molecule has 3 aromatic carbocycles. The van der Waals surface area contributed by atoms with E-state index in [1.165, 1.54) is 5.56 Å². The fourth-order valence-corrected chi connectivity index (χ4v) is 3.38. The summed E-state index contributed by atoms with van der Waals surface area (Å²) < 4.78 is 4.28. The molecular formula is C23H21N2O+. The molecule has 0 amide bonds. The first kappa shape index (κ1) is 16.3. The topological polar surface area (TPSA) is 25.9 Å². The molecule has 1 aromatic heterocycles. The molecule has 0 spiro atoms. The Morgan fingerprint density at radius 3 is 2.23 bits per heavy atom. The van der Waals surface area contributed by atoms with Crippen molar-refractivity contribution < 1.29 is 9.36 Å². The number of benzene rings is 3. The molecular weight excluding hydrogens is 320 g/mol. The zero-order valence-electron chi connectivity index (χ0n) is 14.7. The van der Waals surface area contributed by atoms with E-state index in [-0.39, 0.29) is 11.8 Å². The molecule has 26 heavy (non-hydrogen) atoms. The van der Waals surface area contributed by atoms with Gasteiger partial charge in [0.1, 0.15) is 6.54 Å². The van der Waals surface area contributed by atoms with Crippen LogP contribution < -0.4 is 4.57 Å². The first-order valence-electron chi connectivity index (χ1n) is 8.86. The number of rotatable bonds is 5. The Hall–Kier alpha value is -3.20. The number of Topliss-reactive ketones (excluding diaryl/α,β-unsaturated/α-hetero) is 1. The number of hydrogen-bond acceptors (Lipinski definition) is 1. The van der Waals surface area contributed by atoms with Crippen molar-refractivity contribution in [1.29, 1.82) is 0 Å². The highest BCUT2D eigenvalue weighted by atomic mass is 16.1. The molecule has 1 heterocycles. The summed E-state index contributed by atoms with van der Waals surface area (Å²) in [6, 6.07) is 27.8. The summed E-state index contributed by atoms with van der Waals surface area (Å²) in [4.78, 5) is 12.9. The highest BCUT2D eigenvalue weighted by molar-refractivity contribution is 5.99. The molecule has 0 radical (unpaired) electrons. The van der Waals surface area contributed by atoms with Gasteiger partial charge in [-0.05, 0) is 24.6 Å². The second kappa shape index (κ2) is 6.96. The van der Waals surface area contributed by atoms with Crippen molar-refractivity contribution in [3.8, 4) is 0 Å². The van der Waals surface area contributed by atoms with E-state index >= 15 is 0 Å². The Morgan fingerprint density at radius 1 is 0.885 bits per heavy atom. The lowest BCUT2D eigenvalue weighted by molar-refractivity contribution is -0.663. The lowest BCUT2D eigenvalue weighted by Crippen LogP contribution is -2.33. The van der Waals surface area contributed by atoms with Crippen molar-refractivity contribution in [2.75, 3.05) is 0 Å². The third-order valence-corrected chi connectivity index (χ3v) is 4.78. The van der Waals surface area contributed by atoms with Gasteiger partial charge in [-0.15, -0.1) is 0 Å². The summed E-state index contributed by atoms with van der Waals surface area (Å²) in [6.07, 6.45) is 2.06. The van der Waals surface area contributed by atoms with Crippen molar-refractivity contribution in [2.45, 2.75) is 19.5 Å². The van der Waals surface area contributed by atoms with Gasteiger partial charge in [0.25, 0.3) is 0 Å². The number of carbonyl (C=O) groups excluding carboxylic acids is 1. The average molecular weight is 341 g/mol. The summed E-state index contributed by atoms with van der Waals surface area (Å²) in [6.45, 7) is 2.75. The maximum absolute atomic E-state index is 12.9. The number of hydrogen-bond donors (Lipinski definition) is 0. The molecule has 0 N–H and O–H groups in total. The van der Waals surface area contributed by atoms with Crippen LogP contribution in [0.15, 0.2) is 91.3 Å². The van der Waals surface area contributed by atoms with Gasteiger partial charge in [0.05, 0.1) is 0 Å². The predicted octanol–water partition coefficient (Wildman–Crippen LogP) is 4.42. The van der Waals surface area contributed by atoms with Crippen molar-refractivity contribution >= 4 is 16.8 Å².